The molecule has 0 aliphatic rings. The molecule has 0 saturated heterocycles. The van der Waals surface area contributed by atoms with Crippen molar-refractivity contribution in [3.63, 3.8) is 0 Å². The summed E-state index contributed by atoms with van der Waals surface area (Å²) in [5.41, 5.74) is 1.65. The molecule has 0 aliphatic carbocycles. The number of carboxylic acids is 1. The van der Waals surface area contributed by atoms with Gasteiger partial charge in [-0.3, -0.25) is 0 Å². The summed E-state index contributed by atoms with van der Waals surface area (Å²) in [5, 5.41) is 9.13. The fourth-order valence-corrected chi connectivity index (χ4v) is 2.28. The molecular formula is C14H14N4O2. The summed E-state index contributed by atoms with van der Waals surface area (Å²) in [7, 11) is 0. The second kappa shape index (κ2) is 5.16. The van der Waals surface area contributed by atoms with E-state index in [0.29, 0.717) is 5.52 Å². The summed E-state index contributed by atoms with van der Waals surface area (Å²) in [5.74, 6) is -0.945. The zero-order valence-electron chi connectivity index (χ0n) is 10.8. The fourth-order valence-electron chi connectivity index (χ4n) is 2.28. The number of imidazole rings is 2. The van der Waals surface area contributed by atoms with Crippen LogP contribution in [0.1, 0.15) is 16.8 Å². The smallest absolute Gasteiger partial charge is 0.337 e. The third-order valence-electron chi connectivity index (χ3n) is 3.26. The number of carboxylic acid groups (broad SMARTS) is 1. The average molecular weight is 270 g/mol. The van der Waals surface area contributed by atoms with Crippen LogP contribution in [0.4, 0.5) is 0 Å². The lowest BCUT2D eigenvalue weighted by Gasteiger charge is -2.05. The van der Waals surface area contributed by atoms with Crippen LogP contribution >= 0.6 is 0 Å². The predicted molar refractivity (Wildman–Crippen MR) is 73.5 cm³/mol. The molecule has 0 spiro atoms. The Kier molecular flexibility index (Phi) is 3.20. The lowest BCUT2D eigenvalue weighted by Crippen LogP contribution is -2.02. The first-order valence-corrected chi connectivity index (χ1v) is 6.38. The Morgan fingerprint density at radius 2 is 2.15 bits per heavy atom. The van der Waals surface area contributed by atoms with Crippen LogP contribution in [-0.2, 0) is 13.1 Å². The van der Waals surface area contributed by atoms with E-state index in [1.807, 2.05) is 21.4 Å². The Morgan fingerprint density at radius 1 is 1.25 bits per heavy atom. The van der Waals surface area contributed by atoms with Gasteiger partial charge >= 0.3 is 5.97 Å². The van der Waals surface area contributed by atoms with E-state index in [9.17, 15) is 4.79 Å². The van der Waals surface area contributed by atoms with Gasteiger partial charge in [0.2, 0.25) is 0 Å². The van der Waals surface area contributed by atoms with Crippen molar-refractivity contribution in [1.29, 1.82) is 0 Å². The monoisotopic (exact) mass is 270 g/mol. The van der Waals surface area contributed by atoms with E-state index in [-0.39, 0.29) is 5.56 Å². The number of para-hydroxylation sites is 1. The molecule has 1 aromatic carbocycles. The molecule has 20 heavy (non-hydrogen) atoms. The van der Waals surface area contributed by atoms with E-state index < -0.39 is 5.97 Å². The lowest BCUT2D eigenvalue weighted by atomic mass is 10.2. The summed E-state index contributed by atoms with van der Waals surface area (Å²) in [6.07, 6.45) is 8.10. The maximum atomic E-state index is 11.1. The second-order valence-electron chi connectivity index (χ2n) is 4.57. The maximum absolute atomic E-state index is 11.1. The largest absolute Gasteiger partial charge is 0.478 e. The molecule has 0 aliphatic heterocycles. The highest BCUT2D eigenvalue weighted by Crippen LogP contribution is 2.17. The molecule has 0 saturated carbocycles. The summed E-state index contributed by atoms with van der Waals surface area (Å²) < 4.78 is 4.00. The standard InChI is InChI=1S/C14H14N4O2/c19-14(20)11-3-1-4-12-13(11)16-10-18(12)7-2-6-17-8-5-15-9-17/h1,3-5,8-10H,2,6-7H2,(H,19,20). The molecule has 1 N–H and O–H groups in total. The van der Waals surface area contributed by atoms with Crippen molar-refractivity contribution in [3.05, 3.63) is 48.8 Å². The van der Waals surface area contributed by atoms with Crippen LogP contribution < -0.4 is 0 Å². The zero-order chi connectivity index (χ0) is 13.9. The molecule has 2 aromatic heterocycles. The third-order valence-corrected chi connectivity index (χ3v) is 3.26. The van der Waals surface area contributed by atoms with Crippen LogP contribution in [0, 0.1) is 0 Å². The minimum Gasteiger partial charge on any atom is -0.478 e. The molecule has 0 bridgehead atoms. The van der Waals surface area contributed by atoms with Crippen LogP contribution in [0.15, 0.2) is 43.2 Å². The zero-order valence-corrected chi connectivity index (χ0v) is 10.8. The van der Waals surface area contributed by atoms with Crippen molar-refractivity contribution in [2.45, 2.75) is 19.5 Å². The van der Waals surface area contributed by atoms with Crippen molar-refractivity contribution in [1.82, 2.24) is 19.1 Å². The van der Waals surface area contributed by atoms with E-state index in [2.05, 4.69) is 9.97 Å². The molecule has 102 valence electrons. The topological polar surface area (TPSA) is 72.9 Å². The van der Waals surface area contributed by atoms with Gasteiger partial charge in [0.15, 0.2) is 0 Å². The van der Waals surface area contributed by atoms with Gasteiger partial charge in [0, 0.05) is 25.5 Å². The first kappa shape index (κ1) is 12.4. The lowest BCUT2D eigenvalue weighted by molar-refractivity contribution is 0.0699. The Hall–Kier alpha value is -2.63. The van der Waals surface area contributed by atoms with Gasteiger partial charge in [-0.25, -0.2) is 14.8 Å². The molecule has 3 aromatic rings. The minimum atomic E-state index is -0.945. The number of carbonyl (C=O) groups is 1. The number of aryl methyl sites for hydroxylation is 2. The number of rotatable bonds is 5. The molecule has 3 rings (SSSR count). The third kappa shape index (κ3) is 2.27. The fraction of sp³-hybridized carbons (Fsp3) is 0.214. The van der Waals surface area contributed by atoms with Crippen LogP contribution in [0.3, 0.4) is 0 Å². The Bertz CT molecular complexity index is 731. The van der Waals surface area contributed by atoms with Gasteiger partial charge < -0.3 is 14.2 Å². The van der Waals surface area contributed by atoms with Gasteiger partial charge in [-0.1, -0.05) is 6.07 Å². The number of nitrogens with zero attached hydrogens (tertiary/aromatic N) is 4. The molecule has 0 amide bonds. The van der Waals surface area contributed by atoms with E-state index in [4.69, 9.17) is 5.11 Å². The van der Waals surface area contributed by atoms with Gasteiger partial charge in [-0.15, -0.1) is 0 Å². The maximum Gasteiger partial charge on any atom is 0.337 e. The quantitative estimate of drug-likeness (QED) is 0.769. The summed E-state index contributed by atoms with van der Waals surface area (Å²) in [6, 6.07) is 5.22. The highest BCUT2D eigenvalue weighted by Gasteiger charge is 2.11. The summed E-state index contributed by atoms with van der Waals surface area (Å²) in [4.78, 5) is 19.3. The molecule has 2 heterocycles. The summed E-state index contributed by atoms with van der Waals surface area (Å²) >= 11 is 0. The first-order chi connectivity index (χ1) is 9.75. The second-order valence-corrected chi connectivity index (χ2v) is 4.57. The number of fused-ring (bicyclic) bond motifs is 1. The highest BCUT2D eigenvalue weighted by molar-refractivity contribution is 6.00. The van der Waals surface area contributed by atoms with Crippen LogP contribution in [0.2, 0.25) is 0 Å². The van der Waals surface area contributed by atoms with E-state index in [0.717, 1.165) is 25.0 Å². The molecule has 0 radical (unpaired) electrons. The van der Waals surface area contributed by atoms with Gasteiger partial charge in [0.25, 0.3) is 0 Å². The van der Waals surface area contributed by atoms with E-state index in [1.54, 1.807) is 31.0 Å². The van der Waals surface area contributed by atoms with Crippen LogP contribution in [-0.4, -0.2) is 30.2 Å². The van der Waals surface area contributed by atoms with Crippen molar-refractivity contribution < 1.29 is 9.90 Å². The number of hydrogen-bond donors (Lipinski definition) is 1. The van der Waals surface area contributed by atoms with Gasteiger partial charge in [0.1, 0.15) is 5.52 Å². The highest BCUT2D eigenvalue weighted by atomic mass is 16.4. The first-order valence-electron chi connectivity index (χ1n) is 6.38. The number of benzene rings is 1. The number of hydrogen-bond acceptors (Lipinski definition) is 3. The SMILES string of the molecule is O=C(O)c1cccc2c1ncn2CCCn1ccnc1. The Balaban J connectivity index is 1.79. The number of aromatic carboxylic acids is 1. The summed E-state index contributed by atoms with van der Waals surface area (Å²) in [6.45, 7) is 1.66. The molecule has 0 atom stereocenters. The van der Waals surface area contributed by atoms with Crippen molar-refractivity contribution in [2.75, 3.05) is 0 Å². The number of aromatic nitrogens is 4. The average Bonchev–Trinajstić information content (AvgIpc) is 3.08. The van der Waals surface area contributed by atoms with Crippen molar-refractivity contribution in [3.8, 4) is 0 Å². The van der Waals surface area contributed by atoms with Gasteiger partial charge in [-0.05, 0) is 18.6 Å². The van der Waals surface area contributed by atoms with Crippen molar-refractivity contribution >= 4 is 17.0 Å². The van der Waals surface area contributed by atoms with Gasteiger partial charge in [-0.2, -0.15) is 0 Å². The Morgan fingerprint density at radius 3 is 2.90 bits per heavy atom. The molecule has 0 fully saturated rings. The predicted octanol–water partition coefficient (Wildman–Crippen LogP) is 2.02. The molecule has 6 heteroatoms. The minimum absolute atomic E-state index is 0.246. The molecule has 6 nitrogen and oxygen atoms in total. The molecular weight excluding hydrogens is 256 g/mol. The Labute approximate surface area is 115 Å². The molecule has 0 unspecified atom stereocenters. The van der Waals surface area contributed by atoms with Gasteiger partial charge in [0.05, 0.1) is 23.7 Å². The van der Waals surface area contributed by atoms with E-state index >= 15 is 0 Å². The van der Waals surface area contributed by atoms with Crippen LogP contribution in [0.25, 0.3) is 11.0 Å². The van der Waals surface area contributed by atoms with Crippen molar-refractivity contribution in [2.24, 2.45) is 0 Å². The normalized spacial score (nSPS) is 11.0. The van der Waals surface area contributed by atoms with Crippen LogP contribution in [0.5, 0.6) is 0 Å². The van der Waals surface area contributed by atoms with E-state index in [1.165, 1.54) is 0 Å².